The van der Waals surface area contributed by atoms with Gasteiger partial charge in [0, 0.05) is 12.6 Å². The summed E-state index contributed by atoms with van der Waals surface area (Å²) in [6, 6.07) is 10.0. The number of aryl methyl sites for hydroxylation is 1. The smallest absolute Gasteiger partial charge is 0.266 e. The molecule has 0 spiro atoms. The summed E-state index contributed by atoms with van der Waals surface area (Å²) in [5.74, 6) is 1.98. The third kappa shape index (κ3) is 2.45. The maximum absolute atomic E-state index is 12.4. The molecule has 112 valence electrons. The highest BCUT2D eigenvalue weighted by Crippen LogP contribution is 2.40. The molecule has 1 aromatic carbocycles. The molecule has 2 heterocycles. The minimum Gasteiger partial charge on any atom is -0.480 e. The monoisotopic (exact) mass is 294 g/mol. The van der Waals surface area contributed by atoms with E-state index in [0.717, 1.165) is 16.9 Å². The molecule has 1 aliphatic heterocycles. The number of hydrogen-bond donors (Lipinski definition) is 1. The number of carbonyl (C=O) groups is 1. The number of nitrogens with zero attached hydrogens (tertiary/aromatic N) is 1. The van der Waals surface area contributed by atoms with E-state index in [-0.39, 0.29) is 5.91 Å². The van der Waals surface area contributed by atoms with Gasteiger partial charge in [-0.05, 0) is 54.5 Å². The summed E-state index contributed by atoms with van der Waals surface area (Å²) in [5, 5.41) is 2.89. The van der Waals surface area contributed by atoms with Crippen molar-refractivity contribution in [3.8, 4) is 5.75 Å². The van der Waals surface area contributed by atoms with E-state index in [1.54, 1.807) is 6.20 Å². The maximum Gasteiger partial charge on any atom is 0.266 e. The Morgan fingerprint density at radius 3 is 2.95 bits per heavy atom. The first kappa shape index (κ1) is 13.3. The zero-order chi connectivity index (χ0) is 15.1. The van der Waals surface area contributed by atoms with E-state index in [0.29, 0.717) is 18.2 Å². The molecule has 22 heavy (non-hydrogen) atoms. The Labute approximate surface area is 129 Å². The number of amides is 1. The molecule has 1 N–H and O–H groups in total. The van der Waals surface area contributed by atoms with E-state index < -0.39 is 6.10 Å². The topological polar surface area (TPSA) is 51.2 Å². The van der Waals surface area contributed by atoms with E-state index >= 15 is 0 Å². The van der Waals surface area contributed by atoms with Crippen LogP contribution in [0.1, 0.15) is 35.4 Å². The summed E-state index contributed by atoms with van der Waals surface area (Å²) in [5.41, 5.74) is 3.43. The minimum absolute atomic E-state index is 0.129. The van der Waals surface area contributed by atoms with Crippen LogP contribution >= 0.6 is 0 Å². The first-order chi connectivity index (χ1) is 10.7. The fraction of sp³-hybridized carbons (Fsp3) is 0.333. The van der Waals surface area contributed by atoms with Crippen molar-refractivity contribution in [2.45, 2.75) is 38.2 Å². The van der Waals surface area contributed by atoms with Crippen molar-refractivity contribution in [2.75, 3.05) is 5.32 Å². The molecule has 1 fully saturated rings. The highest BCUT2D eigenvalue weighted by Gasteiger charge is 2.30. The van der Waals surface area contributed by atoms with Gasteiger partial charge in [0.2, 0.25) is 0 Å². The molecule has 1 atom stereocenters. The number of ether oxygens (including phenoxy) is 1. The van der Waals surface area contributed by atoms with Gasteiger partial charge in [0.25, 0.3) is 5.91 Å². The van der Waals surface area contributed by atoms with Crippen LogP contribution in [0.5, 0.6) is 5.75 Å². The number of carbonyl (C=O) groups excluding carboxylic acids is 1. The highest BCUT2D eigenvalue weighted by molar-refractivity contribution is 5.94. The molecule has 1 amide bonds. The standard InChI is InChI=1S/C18H18N2O2/c1-11-3-2-4-14-9-15(22-17(11)14)18(21)20-16-10-13(7-8-19-16)12-5-6-12/h2-4,7-8,10,12,15H,5-6,9H2,1H3,(H,19,20,21). The van der Waals surface area contributed by atoms with Crippen molar-refractivity contribution in [3.63, 3.8) is 0 Å². The average molecular weight is 294 g/mol. The Balaban J connectivity index is 1.47. The predicted molar refractivity (Wildman–Crippen MR) is 84.1 cm³/mol. The fourth-order valence-corrected chi connectivity index (χ4v) is 2.97. The third-order valence-corrected chi connectivity index (χ3v) is 4.34. The zero-order valence-electron chi connectivity index (χ0n) is 12.5. The molecule has 0 saturated heterocycles. The van der Waals surface area contributed by atoms with E-state index in [2.05, 4.69) is 10.3 Å². The van der Waals surface area contributed by atoms with Crippen LogP contribution in [-0.4, -0.2) is 17.0 Å². The number of hydrogen-bond acceptors (Lipinski definition) is 3. The number of anilines is 1. The minimum atomic E-state index is -0.470. The summed E-state index contributed by atoms with van der Waals surface area (Å²) in [7, 11) is 0. The van der Waals surface area contributed by atoms with Gasteiger partial charge in [-0.3, -0.25) is 4.79 Å². The van der Waals surface area contributed by atoms with Gasteiger partial charge < -0.3 is 10.1 Å². The summed E-state index contributed by atoms with van der Waals surface area (Å²) in [4.78, 5) is 16.7. The number of nitrogens with one attached hydrogen (secondary N) is 1. The normalized spacial score (nSPS) is 19.4. The Morgan fingerprint density at radius 2 is 2.18 bits per heavy atom. The lowest BCUT2D eigenvalue weighted by atomic mass is 10.1. The molecule has 1 saturated carbocycles. The number of para-hydroxylation sites is 1. The number of benzene rings is 1. The average Bonchev–Trinajstić information content (AvgIpc) is 3.27. The van der Waals surface area contributed by atoms with Crippen LogP contribution in [0.15, 0.2) is 36.5 Å². The molecule has 4 rings (SSSR count). The second kappa shape index (κ2) is 5.13. The number of fused-ring (bicyclic) bond motifs is 1. The molecule has 2 aromatic rings. The number of pyridine rings is 1. The van der Waals surface area contributed by atoms with Crippen LogP contribution in [0.25, 0.3) is 0 Å². The van der Waals surface area contributed by atoms with Crippen LogP contribution < -0.4 is 10.1 Å². The van der Waals surface area contributed by atoms with E-state index in [9.17, 15) is 4.79 Å². The first-order valence-electron chi connectivity index (χ1n) is 7.72. The maximum atomic E-state index is 12.4. The van der Waals surface area contributed by atoms with Crippen LogP contribution in [0.4, 0.5) is 5.82 Å². The van der Waals surface area contributed by atoms with E-state index in [1.807, 2.05) is 37.3 Å². The van der Waals surface area contributed by atoms with Crippen molar-refractivity contribution in [1.29, 1.82) is 0 Å². The number of rotatable bonds is 3. The van der Waals surface area contributed by atoms with E-state index in [4.69, 9.17) is 4.74 Å². The van der Waals surface area contributed by atoms with Crippen LogP contribution in [0, 0.1) is 6.92 Å². The molecular formula is C18H18N2O2. The molecule has 1 aromatic heterocycles. The Morgan fingerprint density at radius 1 is 1.32 bits per heavy atom. The van der Waals surface area contributed by atoms with Crippen molar-refractivity contribution in [2.24, 2.45) is 0 Å². The molecule has 2 aliphatic rings. The molecular weight excluding hydrogens is 276 g/mol. The van der Waals surface area contributed by atoms with Gasteiger partial charge in [0.15, 0.2) is 6.10 Å². The molecule has 1 aliphatic carbocycles. The van der Waals surface area contributed by atoms with Crippen molar-refractivity contribution in [3.05, 3.63) is 53.2 Å². The van der Waals surface area contributed by atoms with Gasteiger partial charge >= 0.3 is 0 Å². The molecule has 4 heteroatoms. The van der Waals surface area contributed by atoms with Gasteiger partial charge in [0.05, 0.1) is 0 Å². The van der Waals surface area contributed by atoms with Crippen LogP contribution in [0.3, 0.4) is 0 Å². The largest absolute Gasteiger partial charge is 0.480 e. The third-order valence-electron chi connectivity index (χ3n) is 4.34. The van der Waals surface area contributed by atoms with Crippen LogP contribution in [-0.2, 0) is 11.2 Å². The van der Waals surface area contributed by atoms with E-state index in [1.165, 1.54) is 18.4 Å². The molecule has 0 radical (unpaired) electrons. The van der Waals surface area contributed by atoms with Crippen molar-refractivity contribution < 1.29 is 9.53 Å². The van der Waals surface area contributed by atoms with Gasteiger partial charge in [-0.2, -0.15) is 0 Å². The van der Waals surface area contributed by atoms with Gasteiger partial charge in [0.1, 0.15) is 11.6 Å². The van der Waals surface area contributed by atoms with Gasteiger partial charge in [-0.1, -0.05) is 18.2 Å². The van der Waals surface area contributed by atoms with Crippen molar-refractivity contribution >= 4 is 11.7 Å². The second-order valence-electron chi connectivity index (χ2n) is 6.11. The first-order valence-corrected chi connectivity index (χ1v) is 7.72. The summed E-state index contributed by atoms with van der Waals surface area (Å²) >= 11 is 0. The Hall–Kier alpha value is -2.36. The van der Waals surface area contributed by atoms with Crippen molar-refractivity contribution in [1.82, 2.24) is 4.98 Å². The number of aromatic nitrogens is 1. The summed E-state index contributed by atoms with van der Waals surface area (Å²) in [6.07, 6.45) is 4.38. The van der Waals surface area contributed by atoms with Crippen LogP contribution in [0.2, 0.25) is 0 Å². The summed E-state index contributed by atoms with van der Waals surface area (Å²) < 4.78 is 5.82. The lowest BCUT2D eigenvalue weighted by Gasteiger charge is -2.12. The zero-order valence-corrected chi connectivity index (χ0v) is 12.5. The fourth-order valence-electron chi connectivity index (χ4n) is 2.97. The lowest BCUT2D eigenvalue weighted by molar-refractivity contribution is -0.122. The van der Waals surface area contributed by atoms with Gasteiger partial charge in [-0.15, -0.1) is 0 Å². The highest BCUT2D eigenvalue weighted by atomic mass is 16.5. The quantitative estimate of drug-likeness (QED) is 0.945. The summed E-state index contributed by atoms with van der Waals surface area (Å²) in [6.45, 7) is 2.00. The second-order valence-corrected chi connectivity index (χ2v) is 6.11. The molecule has 1 unspecified atom stereocenters. The SMILES string of the molecule is Cc1cccc2c1OC(C(=O)Nc1cc(C3CC3)ccn1)C2. The molecule has 0 bridgehead atoms. The molecule has 4 nitrogen and oxygen atoms in total. The predicted octanol–water partition coefficient (Wildman–Crippen LogP) is 3.21. The lowest BCUT2D eigenvalue weighted by Crippen LogP contribution is -2.31. The Kier molecular flexibility index (Phi) is 3.10. The Bertz CT molecular complexity index is 738. The van der Waals surface area contributed by atoms with Gasteiger partial charge in [-0.25, -0.2) is 4.98 Å².